The van der Waals surface area contributed by atoms with Gasteiger partial charge in [-0.3, -0.25) is 9.48 Å². The molecule has 25 heavy (non-hydrogen) atoms. The lowest BCUT2D eigenvalue weighted by molar-refractivity contribution is -0.129. The first kappa shape index (κ1) is 16.1. The van der Waals surface area contributed by atoms with E-state index in [-0.39, 0.29) is 0 Å². The van der Waals surface area contributed by atoms with Crippen molar-refractivity contribution in [3.05, 3.63) is 6.20 Å². The van der Waals surface area contributed by atoms with E-state index in [1.807, 2.05) is 19.0 Å². The van der Waals surface area contributed by atoms with Crippen LogP contribution in [0.1, 0.15) is 32.1 Å². The molecule has 2 N–H and O–H groups in total. The lowest BCUT2D eigenvalue weighted by Crippen LogP contribution is -2.35. The molecule has 2 fully saturated rings. The molecular weight excluding hydrogens is 318 g/mol. The molecule has 8 nitrogen and oxygen atoms in total. The number of carbonyl (C=O) groups is 1. The second-order valence-corrected chi connectivity index (χ2v) is 7.35. The predicted octanol–water partition coefficient (Wildman–Crippen LogP) is 1.17. The molecule has 1 atom stereocenters. The number of nitrogens with zero attached hydrogens (tertiary/aromatic N) is 6. The molecule has 2 aromatic rings. The molecule has 3 heterocycles. The summed E-state index contributed by atoms with van der Waals surface area (Å²) in [5, 5.41) is 4.96. The quantitative estimate of drug-likeness (QED) is 0.896. The Morgan fingerprint density at radius 1 is 1.32 bits per heavy atom. The second kappa shape index (κ2) is 6.16. The first-order valence-electron chi connectivity index (χ1n) is 8.98. The first-order chi connectivity index (χ1) is 12.0. The van der Waals surface area contributed by atoms with E-state index in [4.69, 9.17) is 5.73 Å². The van der Waals surface area contributed by atoms with Crippen molar-refractivity contribution in [3.63, 3.8) is 0 Å². The van der Waals surface area contributed by atoms with Gasteiger partial charge in [-0.2, -0.15) is 15.1 Å². The summed E-state index contributed by atoms with van der Waals surface area (Å²) in [6.45, 7) is 1.59. The summed E-state index contributed by atoms with van der Waals surface area (Å²) in [4.78, 5) is 25.5. The first-order valence-corrected chi connectivity index (χ1v) is 8.98. The fraction of sp³-hybridized carbons (Fsp3) is 0.647. The van der Waals surface area contributed by atoms with Gasteiger partial charge in [0.25, 0.3) is 0 Å². The van der Waals surface area contributed by atoms with Gasteiger partial charge in [0.2, 0.25) is 11.9 Å². The van der Waals surface area contributed by atoms with Crippen molar-refractivity contribution in [1.29, 1.82) is 0 Å². The average molecular weight is 343 g/mol. The summed E-state index contributed by atoms with van der Waals surface area (Å²) in [6, 6.07) is 0.459. The van der Waals surface area contributed by atoms with Crippen molar-refractivity contribution >= 4 is 28.7 Å². The summed E-state index contributed by atoms with van der Waals surface area (Å²) in [5.74, 6) is 1.63. The van der Waals surface area contributed by atoms with Crippen LogP contribution in [0.5, 0.6) is 0 Å². The minimum absolute atomic E-state index is 0.299. The maximum absolute atomic E-state index is 12.4. The Kier molecular flexibility index (Phi) is 3.97. The summed E-state index contributed by atoms with van der Waals surface area (Å²) in [6.07, 6.45) is 7.11. The number of rotatable bonds is 4. The molecule has 0 spiro atoms. The molecule has 1 amide bonds. The topological polar surface area (TPSA) is 93.2 Å². The van der Waals surface area contributed by atoms with Crippen LogP contribution in [0.3, 0.4) is 0 Å². The number of anilines is 2. The monoisotopic (exact) mass is 343 g/mol. The summed E-state index contributed by atoms with van der Waals surface area (Å²) in [5.41, 5.74) is 6.78. The summed E-state index contributed by atoms with van der Waals surface area (Å²) in [7, 11) is 3.80. The number of aryl methyl sites for hydroxylation is 1. The molecule has 2 aromatic heterocycles. The van der Waals surface area contributed by atoms with Crippen LogP contribution in [-0.4, -0.2) is 56.7 Å². The molecule has 1 aliphatic carbocycles. The highest BCUT2D eigenvalue weighted by molar-refractivity contribution is 5.86. The van der Waals surface area contributed by atoms with E-state index in [9.17, 15) is 4.79 Å². The van der Waals surface area contributed by atoms with Gasteiger partial charge in [0, 0.05) is 45.6 Å². The maximum atomic E-state index is 12.4. The average Bonchev–Trinajstić information content (AvgIpc) is 3.29. The zero-order valence-electron chi connectivity index (χ0n) is 14.9. The zero-order valence-corrected chi connectivity index (χ0v) is 14.9. The Hall–Kier alpha value is -2.38. The lowest BCUT2D eigenvalue weighted by atomic mass is 10.1. The van der Waals surface area contributed by atoms with Crippen molar-refractivity contribution in [2.45, 2.75) is 38.1 Å². The van der Waals surface area contributed by atoms with Crippen LogP contribution >= 0.6 is 0 Å². The number of carbonyl (C=O) groups excluding carboxylic acids is 1. The van der Waals surface area contributed by atoms with Gasteiger partial charge in [-0.15, -0.1) is 0 Å². The molecule has 0 aromatic carbocycles. The number of hydrogen-bond acceptors (Lipinski definition) is 6. The summed E-state index contributed by atoms with van der Waals surface area (Å²) >= 11 is 0. The standard InChI is InChI=1S/C17H25N7O/c1-22(17-20-15(18)13-8-19-23(2)16(13)21-17)9-11-7-14(25)24(10-11)12-5-3-4-6-12/h8,11-12H,3-7,9-10H2,1-2H3,(H2,18,20,21)/t11-/m1/s1. The number of aromatic nitrogens is 4. The Morgan fingerprint density at radius 3 is 2.84 bits per heavy atom. The molecular formula is C17H25N7O. The van der Waals surface area contributed by atoms with E-state index in [1.54, 1.807) is 10.9 Å². The van der Waals surface area contributed by atoms with Gasteiger partial charge >= 0.3 is 0 Å². The SMILES string of the molecule is CN(C[C@H]1CC(=O)N(C2CCCC2)C1)c1nc(N)c2cnn(C)c2n1. The Morgan fingerprint density at radius 2 is 2.08 bits per heavy atom. The van der Waals surface area contributed by atoms with Crippen LogP contribution in [0, 0.1) is 5.92 Å². The largest absolute Gasteiger partial charge is 0.383 e. The molecule has 2 aliphatic rings. The molecule has 0 radical (unpaired) electrons. The normalized spacial score (nSPS) is 21.6. The van der Waals surface area contributed by atoms with Crippen LogP contribution in [0.4, 0.5) is 11.8 Å². The van der Waals surface area contributed by atoms with Crippen LogP contribution < -0.4 is 10.6 Å². The molecule has 134 valence electrons. The van der Waals surface area contributed by atoms with E-state index in [0.717, 1.165) is 37.0 Å². The van der Waals surface area contributed by atoms with E-state index < -0.39 is 0 Å². The minimum atomic E-state index is 0.299. The van der Waals surface area contributed by atoms with E-state index in [2.05, 4.69) is 20.0 Å². The van der Waals surface area contributed by atoms with Crippen molar-refractivity contribution in [2.24, 2.45) is 13.0 Å². The van der Waals surface area contributed by atoms with Gasteiger partial charge in [0.1, 0.15) is 5.82 Å². The zero-order chi connectivity index (χ0) is 17.6. The van der Waals surface area contributed by atoms with E-state index >= 15 is 0 Å². The minimum Gasteiger partial charge on any atom is -0.383 e. The molecule has 1 aliphatic heterocycles. The fourth-order valence-electron chi connectivity index (χ4n) is 4.17. The van der Waals surface area contributed by atoms with E-state index in [0.29, 0.717) is 36.1 Å². The maximum Gasteiger partial charge on any atom is 0.229 e. The highest BCUT2D eigenvalue weighted by Crippen LogP contribution is 2.30. The highest BCUT2D eigenvalue weighted by Gasteiger charge is 2.36. The third-order valence-electron chi connectivity index (χ3n) is 5.49. The van der Waals surface area contributed by atoms with Gasteiger partial charge < -0.3 is 15.5 Å². The number of nitrogens with two attached hydrogens (primary N) is 1. The molecule has 1 saturated heterocycles. The third kappa shape index (κ3) is 2.89. The summed E-state index contributed by atoms with van der Waals surface area (Å²) < 4.78 is 1.70. The molecule has 8 heteroatoms. The van der Waals surface area contributed by atoms with Crippen molar-refractivity contribution < 1.29 is 4.79 Å². The van der Waals surface area contributed by atoms with Gasteiger partial charge in [-0.05, 0) is 12.8 Å². The highest BCUT2D eigenvalue weighted by atomic mass is 16.2. The predicted molar refractivity (Wildman–Crippen MR) is 96.1 cm³/mol. The van der Waals surface area contributed by atoms with Gasteiger partial charge in [0.05, 0.1) is 11.6 Å². The molecule has 0 unspecified atom stereocenters. The fourth-order valence-corrected chi connectivity index (χ4v) is 4.17. The smallest absolute Gasteiger partial charge is 0.229 e. The lowest BCUT2D eigenvalue weighted by Gasteiger charge is -2.25. The third-order valence-corrected chi connectivity index (χ3v) is 5.49. The molecule has 1 saturated carbocycles. The van der Waals surface area contributed by atoms with Crippen molar-refractivity contribution in [2.75, 3.05) is 30.8 Å². The van der Waals surface area contributed by atoms with Crippen molar-refractivity contribution in [3.8, 4) is 0 Å². The van der Waals surface area contributed by atoms with Crippen LogP contribution in [-0.2, 0) is 11.8 Å². The van der Waals surface area contributed by atoms with Crippen LogP contribution in [0.15, 0.2) is 6.20 Å². The molecule has 0 bridgehead atoms. The van der Waals surface area contributed by atoms with Gasteiger partial charge in [-0.1, -0.05) is 12.8 Å². The number of likely N-dealkylation sites (tertiary alicyclic amines) is 1. The van der Waals surface area contributed by atoms with Crippen LogP contribution in [0.25, 0.3) is 11.0 Å². The van der Waals surface area contributed by atoms with Crippen LogP contribution in [0.2, 0.25) is 0 Å². The number of nitrogen functional groups attached to an aromatic ring is 1. The second-order valence-electron chi connectivity index (χ2n) is 7.35. The molecule has 4 rings (SSSR count). The van der Waals surface area contributed by atoms with Gasteiger partial charge in [0.15, 0.2) is 5.65 Å². The number of fused-ring (bicyclic) bond motifs is 1. The Bertz CT molecular complexity index is 796. The number of amides is 1. The van der Waals surface area contributed by atoms with Gasteiger partial charge in [-0.25, -0.2) is 0 Å². The number of hydrogen-bond donors (Lipinski definition) is 1. The Balaban J connectivity index is 1.48. The Labute approximate surface area is 147 Å². The van der Waals surface area contributed by atoms with E-state index in [1.165, 1.54) is 12.8 Å². The van der Waals surface area contributed by atoms with Crippen molar-refractivity contribution in [1.82, 2.24) is 24.6 Å².